The zero-order chi connectivity index (χ0) is 33.9. The van der Waals surface area contributed by atoms with Crippen LogP contribution in [-0.2, 0) is 33.4 Å². The number of carbonyl (C=O) groups is 4. The SMILES string of the molecule is CCC1(CF)OCC2(/C=C/c3ccc4ccc(nc4c3)[C@@H](C)NC(=O)[C@@H]3CCCN(N3)C(=O)[C@H](C)NC(=O)[C@H](C(C)C)OC2=O)CO1. The summed E-state index contributed by atoms with van der Waals surface area (Å²) in [5.74, 6) is -4.09. The molecule has 0 aliphatic carbocycles. The van der Waals surface area contributed by atoms with Crippen LogP contribution in [0.1, 0.15) is 71.2 Å². The number of amides is 3. The molecule has 254 valence electrons. The number of alkyl halides is 1. The molecule has 1 spiro atoms. The maximum Gasteiger partial charge on any atom is 0.321 e. The summed E-state index contributed by atoms with van der Waals surface area (Å²) in [4.78, 5) is 58.9. The van der Waals surface area contributed by atoms with Gasteiger partial charge in [0, 0.05) is 18.4 Å². The number of pyridine rings is 1. The monoisotopic (exact) mass is 653 g/mol. The van der Waals surface area contributed by atoms with Crippen molar-refractivity contribution in [1.29, 1.82) is 0 Å². The molecule has 2 aromatic rings. The summed E-state index contributed by atoms with van der Waals surface area (Å²) in [6.45, 7) is 7.52. The number of hydrazine groups is 1. The number of benzene rings is 1. The van der Waals surface area contributed by atoms with Gasteiger partial charge < -0.3 is 24.8 Å². The lowest BCUT2D eigenvalue weighted by Gasteiger charge is -2.42. The Kier molecular flexibility index (Phi) is 10.3. The number of aromatic nitrogens is 1. The summed E-state index contributed by atoms with van der Waals surface area (Å²) < 4.78 is 31.5. The molecule has 1 aromatic carbocycles. The van der Waals surface area contributed by atoms with Gasteiger partial charge in [0.25, 0.3) is 11.8 Å². The number of carbonyl (C=O) groups excluding carboxylic acids is 4. The number of fused-ring (bicyclic) bond motifs is 4. The van der Waals surface area contributed by atoms with E-state index in [1.165, 1.54) is 11.9 Å². The number of hydrogen-bond donors (Lipinski definition) is 3. The molecule has 3 amide bonds. The van der Waals surface area contributed by atoms with E-state index < -0.39 is 65.8 Å². The Hall–Kier alpha value is -3.94. The van der Waals surface area contributed by atoms with Crippen LogP contribution < -0.4 is 16.1 Å². The van der Waals surface area contributed by atoms with Crippen molar-refractivity contribution in [2.24, 2.45) is 11.3 Å². The number of nitrogens with zero attached hydrogens (tertiary/aromatic N) is 2. The molecule has 0 saturated carbocycles. The van der Waals surface area contributed by atoms with Gasteiger partial charge in [-0.15, -0.1) is 0 Å². The molecule has 12 nitrogen and oxygen atoms in total. The van der Waals surface area contributed by atoms with Crippen LogP contribution in [0.25, 0.3) is 17.0 Å². The van der Waals surface area contributed by atoms with Crippen LogP contribution in [0.2, 0.25) is 0 Å². The fraction of sp³-hybridized carbons (Fsp3) is 0.559. The first-order valence-electron chi connectivity index (χ1n) is 16.2. The lowest BCUT2D eigenvalue weighted by atomic mass is 9.87. The van der Waals surface area contributed by atoms with Crippen molar-refractivity contribution in [3.8, 4) is 0 Å². The highest BCUT2D eigenvalue weighted by Gasteiger charge is 2.49. The maximum absolute atomic E-state index is 14.0. The first-order chi connectivity index (χ1) is 22.4. The van der Waals surface area contributed by atoms with Crippen molar-refractivity contribution in [2.75, 3.05) is 26.4 Å². The van der Waals surface area contributed by atoms with Crippen molar-refractivity contribution in [1.82, 2.24) is 26.1 Å². The minimum atomic E-state index is -1.50. The molecule has 3 aliphatic heterocycles. The molecule has 4 atom stereocenters. The highest BCUT2D eigenvalue weighted by Crippen LogP contribution is 2.36. The fourth-order valence-electron chi connectivity index (χ4n) is 5.85. The Morgan fingerprint density at radius 1 is 1.02 bits per heavy atom. The Morgan fingerprint density at radius 3 is 2.40 bits per heavy atom. The first kappa shape index (κ1) is 34.4. The molecule has 5 rings (SSSR count). The third-order valence-corrected chi connectivity index (χ3v) is 9.07. The third-order valence-electron chi connectivity index (χ3n) is 9.07. The Balaban J connectivity index is 1.54. The van der Waals surface area contributed by atoms with Gasteiger partial charge in [-0.3, -0.25) is 29.2 Å². The lowest BCUT2D eigenvalue weighted by molar-refractivity contribution is -0.301. The number of hydrogen-bond acceptors (Lipinski definition) is 9. The van der Waals surface area contributed by atoms with Gasteiger partial charge >= 0.3 is 5.97 Å². The molecule has 2 fully saturated rings. The van der Waals surface area contributed by atoms with E-state index >= 15 is 0 Å². The number of cyclic esters (lactones) is 1. The van der Waals surface area contributed by atoms with E-state index in [1.54, 1.807) is 32.9 Å². The Morgan fingerprint density at radius 2 is 1.72 bits per heavy atom. The van der Waals surface area contributed by atoms with Crippen molar-refractivity contribution >= 4 is 40.7 Å². The lowest BCUT2D eigenvalue weighted by Crippen LogP contribution is -2.61. The zero-order valence-electron chi connectivity index (χ0n) is 27.5. The number of rotatable bonds is 3. The topological polar surface area (TPSA) is 148 Å². The normalized spacial score (nSPS) is 31.9. The zero-order valence-corrected chi connectivity index (χ0v) is 27.5. The van der Waals surface area contributed by atoms with Gasteiger partial charge in [-0.05, 0) is 50.3 Å². The average molecular weight is 654 g/mol. The van der Waals surface area contributed by atoms with Crippen molar-refractivity contribution < 1.29 is 37.8 Å². The average Bonchev–Trinajstić information content (AvgIpc) is 3.08. The number of nitrogens with one attached hydrogen (secondary N) is 3. The minimum absolute atomic E-state index is 0.228. The molecule has 3 N–H and O–H groups in total. The standard InChI is InChI=1S/C34H44FN5O7/c1-6-34(17-35)45-18-33(19-46-34)14-13-23-9-10-24-11-12-25(38-27(24)16-23)21(4)36-29(41)26-8-7-15-40(39-26)31(43)22(5)37-30(42)28(20(2)3)47-32(33)44/h9-14,16,20-22,26,28,39H,6-8,15,17-19H2,1-5H3,(H,36,41)(H,37,42)/b14-13+/t21-,22+,26+,28+,33?,34?/m1/s1. The maximum atomic E-state index is 14.0. The van der Waals surface area contributed by atoms with E-state index in [0.29, 0.717) is 36.2 Å². The third kappa shape index (κ3) is 7.31. The fourth-order valence-corrected chi connectivity index (χ4v) is 5.85. The highest BCUT2D eigenvalue weighted by molar-refractivity contribution is 5.92. The molecule has 13 heteroatoms. The summed E-state index contributed by atoms with van der Waals surface area (Å²) in [5, 5.41) is 7.90. The van der Waals surface area contributed by atoms with E-state index in [9.17, 15) is 23.6 Å². The van der Waals surface area contributed by atoms with Gasteiger partial charge in [-0.1, -0.05) is 51.1 Å². The molecule has 1 aromatic heterocycles. The van der Waals surface area contributed by atoms with Gasteiger partial charge in [0.1, 0.15) is 24.2 Å². The van der Waals surface area contributed by atoms with Gasteiger partial charge in [-0.2, -0.15) is 0 Å². The second-order valence-corrected chi connectivity index (χ2v) is 13.0. The van der Waals surface area contributed by atoms with E-state index in [4.69, 9.17) is 19.2 Å². The van der Waals surface area contributed by atoms with E-state index in [0.717, 1.165) is 5.39 Å². The number of ether oxygens (including phenoxy) is 3. The van der Waals surface area contributed by atoms with Gasteiger partial charge in [0.2, 0.25) is 5.91 Å². The van der Waals surface area contributed by atoms with Crippen LogP contribution in [0.5, 0.6) is 0 Å². The molecular weight excluding hydrogens is 609 g/mol. The van der Waals surface area contributed by atoms with Crippen LogP contribution in [0.15, 0.2) is 36.4 Å². The number of halogens is 1. The largest absolute Gasteiger partial charge is 0.451 e. The first-order valence-corrected chi connectivity index (χ1v) is 16.2. The van der Waals surface area contributed by atoms with E-state index in [-0.39, 0.29) is 25.5 Å². The molecule has 2 saturated heterocycles. The summed E-state index contributed by atoms with van der Waals surface area (Å²) in [7, 11) is 0. The van der Waals surface area contributed by atoms with Crippen molar-refractivity contribution in [3.63, 3.8) is 0 Å². The van der Waals surface area contributed by atoms with E-state index in [2.05, 4.69) is 16.1 Å². The van der Waals surface area contributed by atoms with Crippen LogP contribution in [0.3, 0.4) is 0 Å². The van der Waals surface area contributed by atoms with Gasteiger partial charge in [0.15, 0.2) is 11.9 Å². The number of esters is 1. The highest BCUT2D eigenvalue weighted by atomic mass is 19.1. The van der Waals surface area contributed by atoms with Crippen LogP contribution in [-0.4, -0.2) is 84.1 Å². The van der Waals surface area contributed by atoms with Gasteiger partial charge in [-0.25, -0.2) is 9.82 Å². The van der Waals surface area contributed by atoms with E-state index in [1.807, 2.05) is 37.3 Å². The molecule has 47 heavy (non-hydrogen) atoms. The van der Waals surface area contributed by atoms with Crippen molar-refractivity contribution in [3.05, 3.63) is 47.7 Å². The smallest absolute Gasteiger partial charge is 0.321 e. The summed E-state index contributed by atoms with van der Waals surface area (Å²) in [6, 6.07) is 7.31. The summed E-state index contributed by atoms with van der Waals surface area (Å²) in [5.41, 5.74) is 3.54. The van der Waals surface area contributed by atoms with Crippen LogP contribution in [0, 0.1) is 11.3 Å². The van der Waals surface area contributed by atoms with Crippen LogP contribution in [0.4, 0.5) is 4.39 Å². The molecule has 3 aliphatic rings. The minimum Gasteiger partial charge on any atom is -0.451 e. The van der Waals surface area contributed by atoms with Crippen molar-refractivity contribution in [2.45, 2.75) is 83.9 Å². The molecule has 0 radical (unpaired) electrons. The predicted octanol–water partition coefficient (Wildman–Crippen LogP) is 3.12. The second kappa shape index (κ2) is 14.0. The predicted molar refractivity (Wildman–Crippen MR) is 171 cm³/mol. The molecule has 5 bridgehead atoms. The second-order valence-electron chi connectivity index (χ2n) is 13.0. The molecule has 0 unspecified atom stereocenters. The van der Waals surface area contributed by atoms with Crippen LogP contribution >= 0.6 is 0 Å². The quantitative estimate of drug-likeness (QED) is 0.425. The Labute approximate surface area is 273 Å². The summed E-state index contributed by atoms with van der Waals surface area (Å²) in [6.07, 6.45) is 3.39. The van der Waals surface area contributed by atoms with Gasteiger partial charge in [0.05, 0.1) is 30.5 Å². The summed E-state index contributed by atoms with van der Waals surface area (Å²) >= 11 is 0. The molecular formula is C34H44FN5O7. The molecule has 4 heterocycles. The Bertz CT molecular complexity index is 1530.